The van der Waals surface area contributed by atoms with E-state index in [2.05, 4.69) is 19.9 Å². The van der Waals surface area contributed by atoms with Crippen LogP contribution in [0.3, 0.4) is 0 Å². The standard InChI is InChI=1S/C26H46O/c1-3-5-7-9-11-13-15-17-19-24-21-22-26(27)23-25(24)20-18-16-14-12-10-8-6-4-2/h21-23,27H,3-20H2,1-2H3. The average molecular weight is 375 g/mol. The van der Waals surface area contributed by atoms with Crippen LogP contribution in [0.2, 0.25) is 0 Å². The Morgan fingerprint density at radius 1 is 0.519 bits per heavy atom. The summed E-state index contributed by atoms with van der Waals surface area (Å²) in [6, 6.07) is 6.05. The van der Waals surface area contributed by atoms with Crippen LogP contribution in [0.1, 0.15) is 128 Å². The molecule has 1 aromatic carbocycles. The van der Waals surface area contributed by atoms with Crippen LogP contribution in [0.5, 0.6) is 5.75 Å². The van der Waals surface area contributed by atoms with Crippen molar-refractivity contribution in [2.45, 2.75) is 129 Å². The number of benzene rings is 1. The van der Waals surface area contributed by atoms with Gasteiger partial charge in [0.05, 0.1) is 0 Å². The Labute approximate surface area is 170 Å². The van der Waals surface area contributed by atoms with Gasteiger partial charge in [-0.25, -0.2) is 0 Å². The first-order chi connectivity index (χ1) is 13.3. The first-order valence-corrected chi connectivity index (χ1v) is 12.1. The average Bonchev–Trinajstić information content (AvgIpc) is 2.67. The summed E-state index contributed by atoms with van der Waals surface area (Å²) >= 11 is 0. The minimum Gasteiger partial charge on any atom is -0.508 e. The Morgan fingerprint density at radius 3 is 1.41 bits per heavy atom. The molecule has 0 fully saturated rings. The van der Waals surface area contributed by atoms with Crippen molar-refractivity contribution in [3.63, 3.8) is 0 Å². The molecule has 1 aromatic rings. The summed E-state index contributed by atoms with van der Waals surface area (Å²) in [4.78, 5) is 0. The Hall–Kier alpha value is -0.980. The molecule has 0 saturated carbocycles. The van der Waals surface area contributed by atoms with E-state index in [0.717, 1.165) is 6.42 Å². The number of aryl methyl sites for hydroxylation is 2. The smallest absolute Gasteiger partial charge is 0.115 e. The molecule has 1 nitrogen and oxygen atoms in total. The van der Waals surface area contributed by atoms with Crippen molar-refractivity contribution >= 4 is 0 Å². The Balaban J connectivity index is 2.19. The van der Waals surface area contributed by atoms with E-state index in [4.69, 9.17) is 0 Å². The van der Waals surface area contributed by atoms with Crippen LogP contribution < -0.4 is 0 Å². The molecule has 0 saturated heterocycles. The molecule has 156 valence electrons. The maximum absolute atomic E-state index is 9.87. The van der Waals surface area contributed by atoms with Gasteiger partial charge in [-0.2, -0.15) is 0 Å². The zero-order valence-electron chi connectivity index (χ0n) is 18.4. The molecule has 27 heavy (non-hydrogen) atoms. The summed E-state index contributed by atoms with van der Waals surface area (Å²) in [5.41, 5.74) is 2.87. The van der Waals surface area contributed by atoms with Crippen LogP contribution in [0.25, 0.3) is 0 Å². The molecule has 0 radical (unpaired) electrons. The number of phenolic OH excluding ortho intramolecular Hbond substituents is 1. The summed E-state index contributed by atoms with van der Waals surface area (Å²) in [6.45, 7) is 4.56. The minimum atomic E-state index is 0.434. The Kier molecular flexibility index (Phi) is 15.3. The van der Waals surface area contributed by atoms with Gasteiger partial charge >= 0.3 is 0 Å². The van der Waals surface area contributed by atoms with Crippen molar-refractivity contribution in [3.8, 4) is 5.75 Å². The van der Waals surface area contributed by atoms with Gasteiger partial charge in [0, 0.05) is 0 Å². The second-order valence-corrected chi connectivity index (χ2v) is 8.40. The van der Waals surface area contributed by atoms with Gasteiger partial charge in [0.25, 0.3) is 0 Å². The third kappa shape index (κ3) is 12.9. The fraction of sp³-hybridized carbons (Fsp3) is 0.769. The third-order valence-corrected chi connectivity index (χ3v) is 5.79. The van der Waals surface area contributed by atoms with Gasteiger partial charge in [-0.3, -0.25) is 0 Å². The van der Waals surface area contributed by atoms with E-state index in [-0.39, 0.29) is 0 Å². The van der Waals surface area contributed by atoms with Crippen LogP contribution >= 0.6 is 0 Å². The maximum atomic E-state index is 9.87. The van der Waals surface area contributed by atoms with Gasteiger partial charge in [-0.1, -0.05) is 110 Å². The minimum absolute atomic E-state index is 0.434. The summed E-state index contributed by atoms with van der Waals surface area (Å²) < 4.78 is 0. The van der Waals surface area contributed by atoms with Gasteiger partial charge in [0.15, 0.2) is 0 Å². The summed E-state index contributed by atoms with van der Waals surface area (Å²) in [5, 5.41) is 9.87. The molecule has 0 unspecified atom stereocenters. The van der Waals surface area contributed by atoms with E-state index in [1.807, 2.05) is 12.1 Å². The number of unbranched alkanes of at least 4 members (excludes halogenated alkanes) is 14. The van der Waals surface area contributed by atoms with Gasteiger partial charge in [-0.15, -0.1) is 0 Å². The Morgan fingerprint density at radius 2 is 0.926 bits per heavy atom. The van der Waals surface area contributed by atoms with Crippen LogP contribution in [0, 0.1) is 0 Å². The highest BCUT2D eigenvalue weighted by atomic mass is 16.3. The SMILES string of the molecule is CCCCCCCCCCc1ccc(O)cc1CCCCCCCCCC. The first-order valence-electron chi connectivity index (χ1n) is 12.1. The second-order valence-electron chi connectivity index (χ2n) is 8.40. The van der Waals surface area contributed by atoms with E-state index in [9.17, 15) is 5.11 Å². The molecular formula is C26H46O. The largest absolute Gasteiger partial charge is 0.508 e. The molecule has 0 amide bonds. The molecule has 1 N–H and O–H groups in total. The lowest BCUT2D eigenvalue weighted by Gasteiger charge is -2.11. The Bertz CT molecular complexity index is 452. The molecule has 0 aliphatic heterocycles. The van der Waals surface area contributed by atoms with Crippen molar-refractivity contribution in [2.75, 3.05) is 0 Å². The number of hydrogen-bond acceptors (Lipinski definition) is 1. The highest BCUT2D eigenvalue weighted by Crippen LogP contribution is 2.22. The normalized spacial score (nSPS) is 11.2. The molecule has 0 aromatic heterocycles. The maximum Gasteiger partial charge on any atom is 0.115 e. The number of phenols is 1. The first kappa shape index (κ1) is 24.1. The van der Waals surface area contributed by atoms with Crippen molar-refractivity contribution in [1.82, 2.24) is 0 Å². The van der Waals surface area contributed by atoms with Crippen LogP contribution in [-0.2, 0) is 12.8 Å². The molecular weight excluding hydrogens is 328 g/mol. The molecule has 0 atom stereocenters. The lowest BCUT2D eigenvalue weighted by atomic mass is 9.96. The predicted molar refractivity (Wildman–Crippen MR) is 121 cm³/mol. The molecule has 0 aliphatic carbocycles. The summed E-state index contributed by atoms with van der Waals surface area (Å²) in [7, 11) is 0. The van der Waals surface area contributed by atoms with Crippen LogP contribution in [0.4, 0.5) is 0 Å². The lowest BCUT2D eigenvalue weighted by molar-refractivity contribution is 0.473. The van der Waals surface area contributed by atoms with Crippen LogP contribution in [-0.4, -0.2) is 5.11 Å². The molecule has 1 rings (SSSR count). The van der Waals surface area contributed by atoms with Crippen molar-refractivity contribution in [3.05, 3.63) is 29.3 Å². The zero-order valence-corrected chi connectivity index (χ0v) is 18.4. The molecule has 0 heterocycles. The highest BCUT2D eigenvalue weighted by Gasteiger charge is 2.04. The van der Waals surface area contributed by atoms with Crippen molar-refractivity contribution < 1.29 is 5.11 Å². The van der Waals surface area contributed by atoms with E-state index in [1.54, 1.807) is 0 Å². The summed E-state index contributed by atoms with van der Waals surface area (Å²) in [6.07, 6.45) is 24.2. The fourth-order valence-corrected chi connectivity index (χ4v) is 3.99. The predicted octanol–water partition coefficient (Wildman–Crippen LogP) is 8.76. The number of hydrogen-bond donors (Lipinski definition) is 1. The van der Waals surface area contributed by atoms with E-state index >= 15 is 0 Å². The molecule has 0 aliphatic rings. The quantitative estimate of drug-likeness (QED) is 0.255. The van der Waals surface area contributed by atoms with Gasteiger partial charge < -0.3 is 5.11 Å². The topological polar surface area (TPSA) is 20.2 Å². The van der Waals surface area contributed by atoms with E-state index < -0.39 is 0 Å². The second kappa shape index (κ2) is 17.1. The van der Waals surface area contributed by atoms with Gasteiger partial charge in [-0.05, 0) is 48.9 Å². The fourth-order valence-electron chi connectivity index (χ4n) is 3.99. The monoisotopic (exact) mass is 374 g/mol. The van der Waals surface area contributed by atoms with Crippen molar-refractivity contribution in [2.24, 2.45) is 0 Å². The highest BCUT2D eigenvalue weighted by molar-refractivity contribution is 5.35. The van der Waals surface area contributed by atoms with E-state index in [1.165, 1.54) is 120 Å². The lowest BCUT2D eigenvalue weighted by Crippen LogP contribution is -1.96. The number of aromatic hydroxyl groups is 1. The number of rotatable bonds is 18. The van der Waals surface area contributed by atoms with E-state index in [0.29, 0.717) is 5.75 Å². The van der Waals surface area contributed by atoms with Gasteiger partial charge in [0.2, 0.25) is 0 Å². The van der Waals surface area contributed by atoms with Gasteiger partial charge in [0.1, 0.15) is 5.75 Å². The third-order valence-electron chi connectivity index (χ3n) is 5.79. The van der Waals surface area contributed by atoms with Crippen molar-refractivity contribution in [1.29, 1.82) is 0 Å². The zero-order chi connectivity index (χ0) is 19.6. The molecule has 1 heteroatoms. The van der Waals surface area contributed by atoms with Crippen LogP contribution in [0.15, 0.2) is 18.2 Å². The molecule has 0 bridgehead atoms. The molecule has 0 spiro atoms. The summed E-state index contributed by atoms with van der Waals surface area (Å²) in [5.74, 6) is 0.434.